The summed E-state index contributed by atoms with van der Waals surface area (Å²) >= 11 is 0. The van der Waals surface area contributed by atoms with Crippen molar-refractivity contribution in [1.82, 2.24) is 19.6 Å². The van der Waals surface area contributed by atoms with Crippen LogP contribution < -0.4 is 5.32 Å². The molecule has 1 saturated heterocycles. The largest absolute Gasteiger partial charge is 0.358 e. The molecule has 7 nitrogen and oxygen atoms in total. The molecule has 0 spiro atoms. The summed E-state index contributed by atoms with van der Waals surface area (Å²) in [5, 5.41) is 2.56. The Morgan fingerprint density at radius 1 is 1.63 bits per heavy atom. The van der Waals surface area contributed by atoms with Gasteiger partial charge in [0.15, 0.2) is 5.03 Å². The molecule has 2 N–H and O–H groups in total. The number of carbonyl (C=O) groups is 1. The molecule has 1 atom stereocenters. The van der Waals surface area contributed by atoms with Crippen molar-refractivity contribution in [3.05, 3.63) is 12.0 Å². The first-order valence-corrected chi connectivity index (χ1v) is 7.72. The van der Waals surface area contributed by atoms with Crippen molar-refractivity contribution in [2.24, 2.45) is 0 Å². The van der Waals surface area contributed by atoms with Crippen molar-refractivity contribution in [1.29, 1.82) is 0 Å². The first-order valence-electron chi connectivity index (χ1n) is 6.28. The highest BCUT2D eigenvalue weighted by molar-refractivity contribution is 7.89. The van der Waals surface area contributed by atoms with Crippen LogP contribution in [0.4, 0.5) is 0 Å². The lowest BCUT2D eigenvalue weighted by Gasteiger charge is -2.21. The molecule has 1 aromatic rings. The van der Waals surface area contributed by atoms with Crippen molar-refractivity contribution in [2.75, 3.05) is 13.6 Å². The monoisotopic (exact) mass is 286 g/mol. The van der Waals surface area contributed by atoms with Gasteiger partial charge >= 0.3 is 0 Å². The van der Waals surface area contributed by atoms with E-state index in [0.29, 0.717) is 31.6 Å². The molecule has 19 heavy (non-hydrogen) atoms. The maximum absolute atomic E-state index is 12.5. The molecular formula is C11H18N4O3S. The van der Waals surface area contributed by atoms with E-state index >= 15 is 0 Å². The topological polar surface area (TPSA) is 95.2 Å². The van der Waals surface area contributed by atoms with Gasteiger partial charge in [0.1, 0.15) is 11.9 Å². The molecule has 0 aromatic carbocycles. The van der Waals surface area contributed by atoms with Crippen LogP contribution in [-0.4, -0.2) is 48.2 Å². The quantitative estimate of drug-likeness (QED) is 0.806. The predicted octanol–water partition coefficient (Wildman–Crippen LogP) is -0.129. The fourth-order valence-corrected chi connectivity index (χ4v) is 3.83. The standard InChI is InChI=1S/C11H18N4O3S/c1-3-9-13-7-10(14-9)19(17,18)15-6-4-5-8(15)11(16)12-2/h7-8H,3-6H2,1-2H3,(H,12,16)(H,13,14). The highest BCUT2D eigenvalue weighted by atomic mass is 32.2. The van der Waals surface area contributed by atoms with Crippen LogP contribution in [0.5, 0.6) is 0 Å². The van der Waals surface area contributed by atoms with E-state index in [-0.39, 0.29) is 10.9 Å². The normalized spacial score (nSPS) is 20.6. The number of likely N-dealkylation sites (N-methyl/N-ethyl adjacent to an activating group) is 1. The minimum atomic E-state index is -3.68. The lowest BCUT2D eigenvalue weighted by Crippen LogP contribution is -2.44. The Kier molecular flexibility index (Phi) is 3.91. The summed E-state index contributed by atoms with van der Waals surface area (Å²) in [6.07, 6.45) is 3.18. The summed E-state index contributed by atoms with van der Waals surface area (Å²) in [5.41, 5.74) is 0. The lowest BCUT2D eigenvalue weighted by molar-refractivity contribution is -0.123. The van der Waals surface area contributed by atoms with E-state index in [0.717, 1.165) is 0 Å². The second kappa shape index (κ2) is 5.30. The Morgan fingerprint density at radius 3 is 2.95 bits per heavy atom. The van der Waals surface area contributed by atoms with E-state index in [4.69, 9.17) is 0 Å². The number of imidazole rings is 1. The first-order chi connectivity index (χ1) is 9.00. The maximum Gasteiger partial charge on any atom is 0.260 e. The maximum atomic E-state index is 12.5. The van der Waals surface area contributed by atoms with Crippen LogP contribution in [0.3, 0.4) is 0 Å². The Labute approximate surface area is 112 Å². The van der Waals surface area contributed by atoms with Crippen molar-refractivity contribution >= 4 is 15.9 Å². The highest BCUT2D eigenvalue weighted by Crippen LogP contribution is 2.25. The Morgan fingerprint density at radius 2 is 2.37 bits per heavy atom. The Hall–Kier alpha value is -1.41. The number of H-pyrrole nitrogens is 1. The Bertz CT molecular complexity index is 566. The summed E-state index contributed by atoms with van der Waals surface area (Å²) in [7, 11) is -2.17. The van der Waals surface area contributed by atoms with Crippen LogP contribution >= 0.6 is 0 Å². The SMILES string of the molecule is CCc1ncc(S(=O)(=O)N2CCCC2C(=O)NC)[nH]1. The molecule has 0 aliphatic carbocycles. The van der Waals surface area contributed by atoms with E-state index in [9.17, 15) is 13.2 Å². The van der Waals surface area contributed by atoms with Gasteiger partial charge in [0.2, 0.25) is 5.91 Å². The third kappa shape index (κ3) is 2.50. The number of nitrogens with zero attached hydrogens (tertiary/aromatic N) is 2. The van der Waals surface area contributed by atoms with Crippen LogP contribution in [0.2, 0.25) is 0 Å². The highest BCUT2D eigenvalue weighted by Gasteiger charge is 2.39. The smallest absolute Gasteiger partial charge is 0.260 e. The van der Waals surface area contributed by atoms with E-state index in [1.807, 2.05) is 6.92 Å². The second-order valence-electron chi connectivity index (χ2n) is 4.44. The number of hydrogen-bond donors (Lipinski definition) is 2. The summed E-state index contributed by atoms with van der Waals surface area (Å²) in [4.78, 5) is 18.5. The van der Waals surface area contributed by atoms with Crippen molar-refractivity contribution in [2.45, 2.75) is 37.3 Å². The number of nitrogens with one attached hydrogen (secondary N) is 2. The zero-order chi connectivity index (χ0) is 14.0. The van der Waals surface area contributed by atoms with Gasteiger partial charge in [-0.05, 0) is 12.8 Å². The van der Waals surface area contributed by atoms with Crippen LogP contribution in [0.15, 0.2) is 11.2 Å². The van der Waals surface area contributed by atoms with Gasteiger partial charge in [0.25, 0.3) is 10.0 Å². The molecule has 1 aliphatic heterocycles. The van der Waals surface area contributed by atoms with Crippen molar-refractivity contribution in [3.8, 4) is 0 Å². The van der Waals surface area contributed by atoms with E-state index in [1.54, 1.807) is 0 Å². The predicted molar refractivity (Wildman–Crippen MR) is 68.9 cm³/mol. The zero-order valence-electron chi connectivity index (χ0n) is 11.0. The average Bonchev–Trinajstić information content (AvgIpc) is 3.06. The molecule has 8 heteroatoms. The lowest BCUT2D eigenvalue weighted by atomic mass is 10.2. The van der Waals surface area contributed by atoms with Gasteiger partial charge in [0, 0.05) is 20.0 Å². The third-order valence-electron chi connectivity index (χ3n) is 3.28. The first kappa shape index (κ1) is 14.0. The summed E-state index contributed by atoms with van der Waals surface area (Å²) in [6.45, 7) is 2.25. The summed E-state index contributed by atoms with van der Waals surface area (Å²) in [5.74, 6) is 0.352. The second-order valence-corrected chi connectivity index (χ2v) is 6.29. The van der Waals surface area contributed by atoms with Gasteiger partial charge in [-0.25, -0.2) is 13.4 Å². The molecule has 1 aliphatic rings. The number of hydrogen-bond acceptors (Lipinski definition) is 4. The fourth-order valence-electron chi connectivity index (χ4n) is 2.24. The molecule has 0 radical (unpaired) electrons. The van der Waals surface area contributed by atoms with E-state index in [2.05, 4.69) is 15.3 Å². The molecule has 106 valence electrons. The molecule has 0 saturated carbocycles. The van der Waals surface area contributed by atoms with Gasteiger partial charge in [-0.2, -0.15) is 4.31 Å². The molecule has 1 fully saturated rings. The van der Waals surface area contributed by atoms with Crippen LogP contribution in [0.25, 0.3) is 0 Å². The van der Waals surface area contributed by atoms with Crippen molar-refractivity contribution in [3.63, 3.8) is 0 Å². The number of amides is 1. The molecule has 0 bridgehead atoms. The summed E-state index contributed by atoms with van der Waals surface area (Å²) < 4.78 is 26.2. The molecular weight excluding hydrogens is 268 g/mol. The van der Waals surface area contributed by atoms with Crippen LogP contribution in [-0.2, 0) is 21.2 Å². The molecule has 1 unspecified atom stereocenters. The van der Waals surface area contributed by atoms with Gasteiger partial charge in [0.05, 0.1) is 6.20 Å². The number of carbonyl (C=O) groups excluding carboxylic acids is 1. The number of aromatic nitrogens is 2. The molecule has 2 heterocycles. The number of sulfonamides is 1. The van der Waals surface area contributed by atoms with Crippen molar-refractivity contribution < 1.29 is 13.2 Å². The fraction of sp³-hybridized carbons (Fsp3) is 0.636. The average molecular weight is 286 g/mol. The van der Waals surface area contributed by atoms with Crippen LogP contribution in [0, 0.1) is 0 Å². The molecule has 1 amide bonds. The molecule has 1 aromatic heterocycles. The minimum absolute atomic E-state index is 0.0557. The molecule has 2 rings (SSSR count). The number of rotatable bonds is 4. The number of aryl methyl sites for hydroxylation is 1. The van der Waals surface area contributed by atoms with Gasteiger partial charge < -0.3 is 10.3 Å². The van der Waals surface area contributed by atoms with Crippen LogP contribution in [0.1, 0.15) is 25.6 Å². The van der Waals surface area contributed by atoms with Gasteiger partial charge in [-0.1, -0.05) is 6.92 Å². The van der Waals surface area contributed by atoms with E-state index in [1.165, 1.54) is 17.5 Å². The Balaban J connectivity index is 2.30. The van der Waals surface area contributed by atoms with E-state index < -0.39 is 16.1 Å². The third-order valence-corrected chi connectivity index (χ3v) is 5.10. The zero-order valence-corrected chi connectivity index (χ0v) is 11.8. The number of aromatic amines is 1. The van der Waals surface area contributed by atoms with Gasteiger partial charge in [-0.15, -0.1) is 0 Å². The minimum Gasteiger partial charge on any atom is -0.358 e. The summed E-state index contributed by atoms with van der Waals surface area (Å²) in [6, 6.07) is -0.622. The van der Waals surface area contributed by atoms with Gasteiger partial charge in [-0.3, -0.25) is 4.79 Å².